The average molecular weight is 371 g/mol. The molecule has 2 heteroatoms. The van der Waals surface area contributed by atoms with Gasteiger partial charge in [-0.3, -0.25) is 0 Å². The zero-order valence-corrected chi connectivity index (χ0v) is 19.1. The van der Waals surface area contributed by atoms with E-state index in [-0.39, 0.29) is 10.5 Å². The van der Waals surface area contributed by atoms with Gasteiger partial charge in [0.15, 0.2) is 0 Å². The van der Waals surface area contributed by atoms with E-state index in [0.29, 0.717) is 0 Å². The Kier molecular flexibility index (Phi) is 7.70. The van der Waals surface area contributed by atoms with Crippen molar-refractivity contribution in [3.05, 3.63) is 60.2 Å². The normalized spacial score (nSPS) is 14.8. The maximum absolute atomic E-state index is 6.36. The SMILES string of the molecule is C=CC(C)(/C=C/c1ccc(O[Si](C)(C)C(C)(C)C)cc1)CCC=C(C)C. The summed E-state index contributed by atoms with van der Waals surface area (Å²) in [6.45, 7) is 21.9. The van der Waals surface area contributed by atoms with E-state index in [2.05, 4.69) is 110 Å². The number of rotatable bonds is 8. The van der Waals surface area contributed by atoms with Gasteiger partial charge in [-0.05, 0) is 62.5 Å². The fourth-order valence-electron chi connectivity index (χ4n) is 2.31. The van der Waals surface area contributed by atoms with Crippen molar-refractivity contribution in [3.8, 4) is 5.75 Å². The molecule has 1 atom stereocenters. The molecule has 0 heterocycles. The van der Waals surface area contributed by atoms with E-state index in [9.17, 15) is 0 Å². The molecule has 1 unspecified atom stereocenters. The van der Waals surface area contributed by atoms with E-state index in [4.69, 9.17) is 4.43 Å². The molecule has 26 heavy (non-hydrogen) atoms. The van der Waals surface area contributed by atoms with Crippen molar-refractivity contribution in [2.24, 2.45) is 5.41 Å². The Bertz CT molecular complexity index is 640. The summed E-state index contributed by atoms with van der Waals surface area (Å²) >= 11 is 0. The Morgan fingerprint density at radius 3 is 2.12 bits per heavy atom. The first-order valence-corrected chi connectivity index (χ1v) is 12.5. The molecule has 0 radical (unpaired) electrons. The van der Waals surface area contributed by atoms with Crippen LogP contribution in [0.5, 0.6) is 5.75 Å². The van der Waals surface area contributed by atoms with Crippen LogP contribution in [-0.4, -0.2) is 8.32 Å². The highest BCUT2D eigenvalue weighted by Crippen LogP contribution is 2.37. The molecule has 0 fully saturated rings. The zero-order chi connectivity index (χ0) is 20.0. The van der Waals surface area contributed by atoms with Gasteiger partial charge in [-0.2, -0.15) is 0 Å². The van der Waals surface area contributed by atoms with Crippen LogP contribution in [-0.2, 0) is 0 Å². The lowest BCUT2D eigenvalue weighted by molar-refractivity contribution is 0.492. The highest BCUT2D eigenvalue weighted by atomic mass is 28.4. The topological polar surface area (TPSA) is 9.23 Å². The molecular weight excluding hydrogens is 332 g/mol. The van der Waals surface area contributed by atoms with Gasteiger partial charge in [-0.1, -0.05) is 69.7 Å². The Labute approximate surface area is 163 Å². The summed E-state index contributed by atoms with van der Waals surface area (Å²) in [5, 5.41) is 0.211. The third-order valence-corrected chi connectivity index (χ3v) is 9.78. The second kappa shape index (κ2) is 8.90. The van der Waals surface area contributed by atoms with Crippen LogP contribution in [0.1, 0.15) is 59.9 Å². The van der Waals surface area contributed by atoms with E-state index < -0.39 is 8.32 Å². The van der Waals surface area contributed by atoms with Gasteiger partial charge in [0.05, 0.1) is 0 Å². The van der Waals surface area contributed by atoms with E-state index in [0.717, 1.165) is 18.6 Å². The van der Waals surface area contributed by atoms with Crippen molar-refractivity contribution in [1.29, 1.82) is 0 Å². The average Bonchev–Trinajstić information content (AvgIpc) is 2.52. The third kappa shape index (κ3) is 6.99. The quantitative estimate of drug-likeness (QED) is 0.332. The van der Waals surface area contributed by atoms with Crippen LogP contribution in [0.25, 0.3) is 6.08 Å². The van der Waals surface area contributed by atoms with Gasteiger partial charge >= 0.3 is 0 Å². The standard InChI is InChI=1S/C24H38OSi/c1-10-24(7,18-11-12-20(2)3)19-17-21-13-15-22(16-14-21)25-26(8,9)23(4,5)6/h10,12-17,19H,1,11,18H2,2-9H3/b19-17+. The van der Waals surface area contributed by atoms with Gasteiger partial charge in [0, 0.05) is 5.41 Å². The maximum Gasteiger partial charge on any atom is 0.250 e. The number of hydrogen-bond donors (Lipinski definition) is 0. The molecule has 1 aromatic carbocycles. The molecule has 0 N–H and O–H groups in total. The van der Waals surface area contributed by atoms with E-state index in [1.807, 2.05) is 0 Å². The van der Waals surface area contributed by atoms with Crippen LogP contribution in [0.4, 0.5) is 0 Å². The Hall–Kier alpha value is -1.54. The second-order valence-corrected chi connectivity index (χ2v) is 14.0. The number of hydrogen-bond acceptors (Lipinski definition) is 1. The van der Waals surface area contributed by atoms with Crippen LogP contribution in [0.15, 0.2) is 54.6 Å². The van der Waals surface area contributed by atoms with Crippen molar-refractivity contribution in [3.63, 3.8) is 0 Å². The molecule has 0 aliphatic rings. The van der Waals surface area contributed by atoms with Gasteiger partial charge in [0.1, 0.15) is 5.75 Å². The fraction of sp³-hybridized carbons (Fsp3) is 0.500. The Balaban J connectivity index is 2.80. The van der Waals surface area contributed by atoms with Gasteiger partial charge in [0.2, 0.25) is 8.32 Å². The van der Waals surface area contributed by atoms with Crippen LogP contribution in [0.3, 0.4) is 0 Å². The van der Waals surface area contributed by atoms with E-state index in [1.165, 1.54) is 11.1 Å². The summed E-state index contributed by atoms with van der Waals surface area (Å²) in [5.74, 6) is 0.976. The first-order valence-electron chi connectivity index (χ1n) is 9.64. The molecule has 1 rings (SSSR count). The minimum absolute atomic E-state index is 0.0161. The molecule has 144 valence electrons. The Morgan fingerprint density at radius 2 is 1.65 bits per heavy atom. The summed E-state index contributed by atoms with van der Waals surface area (Å²) < 4.78 is 6.36. The Morgan fingerprint density at radius 1 is 1.08 bits per heavy atom. The molecular formula is C24H38OSi. The molecule has 0 aliphatic carbocycles. The second-order valence-electron chi connectivity index (χ2n) is 9.29. The summed E-state index contributed by atoms with van der Waals surface area (Å²) in [4.78, 5) is 0. The summed E-state index contributed by atoms with van der Waals surface area (Å²) in [5.41, 5.74) is 2.59. The van der Waals surface area contributed by atoms with Crippen molar-refractivity contribution < 1.29 is 4.43 Å². The van der Waals surface area contributed by atoms with Crippen LogP contribution < -0.4 is 4.43 Å². The third-order valence-electron chi connectivity index (χ3n) is 5.42. The predicted octanol–water partition coefficient (Wildman–Crippen LogP) is 8.02. The fourth-order valence-corrected chi connectivity index (χ4v) is 3.34. The molecule has 0 aliphatic heterocycles. The molecule has 0 amide bonds. The van der Waals surface area contributed by atoms with Crippen LogP contribution >= 0.6 is 0 Å². The maximum atomic E-state index is 6.36. The molecule has 0 saturated heterocycles. The molecule has 0 bridgehead atoms. The molecule has 1 nitrogen and oxygen atoms in total. The van der Waals surface area contributed by atoms with Crippen molar-refractivity contribution in [2.75, 3.05) is 0 Å². The first kappa shape index (κ1) is 22.5. The van der Waals surface area contributed by atoms with Gasteiger partial charge < -0.3 is 4.43 Å². The lowest BCUT2D eigenvalue weighted by Crippen LogP contribution is -2.43. The molecule has 0 spiro atoms. The monoisotopic (exact) mass is 370 g/mol. The lowest BCUT2D eigenvalue weighted by atomic mass is 9.84. The van der Waals surface area contributed by atoms with E-state index >= 15 is 0 Å². The van der Waals surface area contributed by atoms with Gasteiger partial charge in [0.25, 0.3) is 0 Å². The minimum Gasteiger partial charge on any atom is -0.544 e. The molecule has 1 aromatic rings. The highest BCUT2D eigenvalue weighted by Gasteiger charge is 2.38. The molecule has 0 saturated carbocycles. The van der Waals surface area contributed by atoms with E-state index in [1.54, 1.807) is 0 Å². The van der Waals surface area contributed by atoms with Crippen molar-refractivity contribution in [1.82, 2.24) is 0 Å². The number of allylic oxidation sites excluding steroid dienone is 4. The molecule has 0 aromatic heterocycles. The highest BCUT2D eigenvalue weighted by molar-refractivity contribution is 6.74. The van der Waals surface area contributed by atoms with Gasteiger partial charge in [-0.15, -0.1) is 6.58 Å². The van der Waals surface area contributed by atoms with Crippen molar-refractivity contribution in [2.45, 2.75) is 72.5 Å². The van der Waals surface area contributed by atoms with Gasteiger partial charge in [-0.25, -0.2) is 0 Å². The summed E-state index contributed by atoms with van der Waals surface area (Å²) in [7, 11) is -1.78. The number of benzene rings is 1. The zero-order valence-electron chi connectivity index (χ0n) is 18.1. The smallest absolute Gasteiger partial charge is 0.250 e. The largest absolute Gasteiger partial charge is 0.544 e. The first-order chi connectivity index (χ1) is 11.9. The van der Waals surface area contributed by atoms with Crippen LogP contribution in [0, 0.1) is 5.41 Å². The van der Waals surface area contributed by atoms with Crippen LogP contribution in [0.2, 0.25) is 18.1 Å². The summed E-state index contributed by atoms with van der Waals surface area (Å²) in [6, 6.07) is 8.46. The minimum atomic E-state index is -1.78. The summed E-state index contributed by atoms with van der Waals surface area (Å²) in [6.07, 6.45) is 11.0. The predicted molar refractivity (Wildman–Crippen MR) is 120 cm³/mol. The lowest BCUT2D eigenvalue weighted by Gasteiger charge is -2.36. The van der Waals surface area contributed by atoms with Crippen molar-refractivity contribution >= 4 is 14.4 Å².